The summed E-state index contributed by atoms with van der Waals surface area (Å²) >= 11 is 0. The molecule has 374 valence electrons. The fourth-order valence-electron chi connectivity index (χ4n) is 8.02. The molecule has 0 spiro atoms. The fourth-order valence-corrected chi connectivity index (χ4v) is 8.02. The maximum atomic E-state index is 14.4. The molecule has 0 aliphatic carbocycles. The third-order valence-electron chi connectivity index (χ3n) is 12.0. The van der Waals surface area contributed by atoms with Crippen molar-refractivity contribution in [3.63, 3.8) is 0 Å². The Hall–Kier alpha value is -6.59. The number of aliphatic carboxylic acids is 1. The average Bonchev–Trinajstić information content (AvgIpc) is 3.72. The highest BCUT2D eigenvalue weighted by molar-refractivity contribution is 5.97. The van der Waals surface area contributed by atoms with E-state index in [1.165, 1.54) is 0 Å². The molecule has 1 aromatic heterocycles. The molecule has 0 saturated carbocycles. The van der Waals surface area contributed by atoms with Gasteiger partial charge >= 0.3 is 5.97 Å². The number of aromatic nitrogens is 1. The normalized spacial score (nSPS) is 14.5. The molecule has 4 aromatic rings. The summed E-state index contributed by atoms with van der Waals surface area (Å²) in [5, 5.41) is 27.3. The van der Waals surface area contributed by atoms with Gasteiger partial charge in [0.15, 0.2) is 0 Å². The van der Waals surface area contributed by atoms with E-state index >= 15 is 0 Å². The minimum absolute atomic E-state index is 0.0294. The third-order valence-corrected chi connectivity index (χ3v) is 12.0. The summed E-state index contributed by atoms with van der Waals surface area (Å²) in [7, 11) is 0. The smallest absolute Gasteiger partial charge is 0.326 e. The number of aromatic amines is 1. The Morgan fingerprint density at radius 3 is 1.64 bits per heavy atom. The van der Waals surface area contributed by atoms with Gasteiger partial charge in [-0.3, -0.25) is 28.8 Å². The summed E-state index contributed by atoms with van der Waals surface area (Å²) in [5.74, 6) is -6.07. The molecule has 7 atom stereocenters. The second-order valence-corrected chi connectivity index (χ2v) is 18.8. The number of amides is 6. The number of rotatable bonds is 28. The number of carbonyl (C=O) groups excluding carboxylic acids is 6. The zero-order valence-corrected chi connectivity index (χ0v) is 40.8. The van der Waals surface area contributed by atoms with Gasteiger partial charge in [-0.05, 0) is 92.0 Å². The molecule has 0 bridgehead atoms. The Bertz CT molecular complexity index is 2300. The molecule has 1 heterocycles. The first-order valence-electron chi connectivity index (χ1n) is 24.0. The van der Waals surface area contributed by atoms with Crippen LogP contribution in [0.5, 0.6) is 0 Å². The molecule has 0 unspecified atom stereocenters. The number of nitrogens with one attached hydrogen (secondary N) is 7. The summed E-state index contributed by atoms with van der Waals surface area (Å²) < 4.78 is 0. The summed E-state index contributed by atoms with van der Waals surface area (Å²) in [6, 6.07) is 18.2. The van der Waals surface area contributed by atoms with E-state index in [2.05, 4.69) is 36.9 Å². The van der Waals surface area contributed by atoms with Crippen LogP contribution >= 0.6 is 0 Å². The minimum Gasteiger partial charge on any atom is -0.480 e. The molecule has 4 rings (SSSR count). The lowest BCUT2D eigenvalue weighted by Gasteiger charge is -2.30. The number of fused-ring (bicyclic) bond motifs is 1. The van der Waals surface area contributed by atoms with Gasteiger partial charge in [0.2, 0.25) is 35.4 Å². The number of carboxylic acids is 1. The number of hydrogen-bond acceptors (Lipinski definition) is 9. The van der Waals surface area contributed by atoms with Gasteiger partial charge in [-0.1, -0.05) is 120 Å². The Morgan fingerprint density at radius 1 is 0.551 bits per heavy atom. The van der Waals surface area contributed by atoms with Crippen LogP contribution in [0.15, 0.2) is 91.1 Å². The van der Waals surface area contributed by atoms with Crippen LogP contribution < -0.4 is 43.4 Å². The largest absolute Gasteiger partial charge is 0.480 e. The molecular formula is C52H73N9O8. The van der Waals surface area contributed by atoms with Gasteiger partial charge in [-0.25, -0.2) is 4.79 Å². The SMILES string of the molecule is CC(C)C[C@@H](NC(=O)[C@@H](CCCCN)NC(=O)[C@H](NC(=O)[C@H](NC(=O)[C@H](CCc1ccccc1)NC(=O)[C@@H](Cc1ccccc1)NC(=O)[C@H](N)Cc1c[nH]c2ccccc12)C(C)C)C(C)C)C(=O)O. The number of unbranched alkanes of at least 4 members (excludes halogenated alkanes) is 1. The lowest BCUT2D eigenvalue weighted by molar-refractivity contribution is -0.143. The maximum absolute atomic E-state index is 14.4. The number of hydrogen-bond donors (Lipinski definition) is 10. The average molecular weight is 952 g/mol. The molecule has 0 radical (unpaired) electrons. The Labute approximate surface area is 405 Å². The number of nitrogens with two attached hydrogens (primary N) is 2. The number of aryl methyl sites for hydroxylation is 1. The predicted octanol–water partition coefficient (Wildman–Crippen LogP) is 3.39. The van der Waals surface area contributed by atoms with Crippen LogP contribution in [0.1, 0.15) is 90.3 Å². The molecular weight excluding hydrogens is 879 g/mol. The van der Waals surface area contributed by atoms with Crippen molar-refractivity contribution in [1.29, 1.82) is 0 Å². The lowest BCUT2D eigenvalue weighted by atomic mass is 9.97. The standard InChI is InChI=1S/C52H73N9O8/c1-31(2)27-43(52(68)69)59-47(63)40(23-15-16-26-53)57-50(66)44(32(3)4)61-51(67)45(33(5)6)60-48(64)41(25-24-34-17-9-7-10-18-34)56-49(65)42(28-35-19-11-8-12-20-35)58-46(62)38(54)29-36-30-55-39-22-14-13-21-37(36)39/h7-14,17-22,30-33,38,40-45,55H,15-16,23-29,53-54H2,1-6H3,(H,56,65)(H,57,66)(H,58,62)(H,59,63)(H,60,64)(H,61,67)(H,68,69)/t38-,40-,41+,42-,43-,44-,45-/m1/s1. The van der Waals surface area contributed by atoms with Gasteiger partial charge < -0.3 is 53.5 Å². The van der Waals surface area contributed by atoms with Crippen molar-refractivity contribution in [2.45, 2.75) is 135 Å². The Kier molecular flexibility index (Phi) is 21.9. The van der Waals surface area contributed by atoms with E-state index < -0.39 is 95.5 Å². The second kappa shape index (κ2) is 27.4. The van der Waals surface area contributed by atoms with Crippen LogP contribution in [0, 0.1) is 17.8 Å². The van der Waals surface area contributed by atoms with Crippen molar-refractivity contribution in [2.75, 3.05) is 6.54 Å². The molecule has 17 nitrogen and oxygen atoms in total. The Morgan fingerprint density at radius 2 is 1.04 bits per heavy atom. The summed E-state index contributed by atoms with van der Waals surface area (Å²) in [6.07, 6.45) is 3.99. The van der Waals surface area contributed by atoms with Crippen molar-refractivity contribution in [3.05, 3.63) is 108 Å². The van der Waals surface area contributed by atoms with Gasteiger partial charge in [0, 0.05) is 23.5 Å². The number of carbonyl (C=O) groups is 7. The van der Waals surface area contributed by atoms with Gasteiger partial charge in [0.05, 0.1) is 6.04 Å². The van der Waals surface area contributed by atoms with Crippen LogP contribution in [-0.4, -0.2) is 100 Å². The van der Waals surface area contributed by atoms with Gasteiger partial charge in [0.1, 0.15) is 36.3 Å². The van der Waals surface area contributed by atoms with Crippen LogP contribution in [0.2, 0.25) is 0 Å². The van der Waals surface area contributed by atoms with Gasteiger partial charge in [0.25, 0.3) is 0 Å². The van der Waals surface area contributed by atoms with Crippen molar-refractivity contribution < 1.29 is 38.7 Å². The van der Waals surface area contributed by atoms with Gasteiger partial charge in [-0.2, -0.15) is 0 Å². The molecule has 0 aliphatic heterocycles. The zero-order chi connectivity index (χ0) is 50.6. The van der Waals surface area contributed by atoms with Crippen LogP contribution in [0.3, 0.4) is 0 Å². The molecule has 0 aliphatic rings. The van der Waals surface area contributed by atoms with E-state index in [1.807, 2.05) is 105 Å². The molecule has 17 heteroatoms. The van der Waals surface area contributed by atoms with Crippen LogP contribution in [0.25, 0.3) is 10.9 Å². The molecule has 12 N–H and O–H groups in total. The Balaban J connectivity index is 1.54. The molecule has 69 heavy (non-hydrogen) atoms. The number of para-hydroxylation sites is 1. The maximum Gasteiger partial charge on any atom is 0.326 e. The van der Waals surface area contributed by atoms with Crippen molar-refractivity contribution in [1.82, 2.24) is 36.9 Å². The summed E-state index contributed by atoms with van der Waals surface area (Å²) in [5.41, 5.74) is 15.6. The van der Waals surface area contributed by atoms with E-state index in [9.17, 15) is 38.7 Å². The molecule has 0 fully saturated rings. The molecule has 0 saturated heterocycles. The lowest BCUT2D eigenvalue weighted by Crippen LogP contribution is -2.61. The van der Waals surface area contributed by atoms with E-state index in [-0.39, 0.29) is 38.0 Å². The minimum atomic E-state index is -1.20. The topological polar surface area (TPSA) is 280 Å². The first-order chi connectivity index (χ1) is 32.9. The monoisotopic (exact) mass is 952 g/mol. The van der Waals surface area contributed by atoms with E-state index in [0.717, 1.165) is 27.6 Å². The quantitative estimate of drug-likeness (QED) is 0.0371. The van der Waals surface area contributed by atoms with Crippen molar-refractivity contribution in [2.24, 2.45) is 29.2 Å². The molecule has 3 aromatic carbocycles. The third kappa shape index (κ3) is 17.5. The summed E-state index contributed by atoms with van der Waals surface area (Å²) in [4.78, 5) is 99.4. The number of benzene rings is 3. The highest BCUT2D eigenvalue weighted by atomic mass is 16.4. The highest BCUT2D eigenvalue weighted by Gasteiger charge is 2.36. The van der Waals surface area contributed by atoms with E-state index in [0.29, 0.717) is 25.8 Å². The second-order valence-electron chi connectivity index (χ2n) is 18.8. The van der Waals surface area contributed by atoms with Crippen LogP contribution in [0.4, 0.5) is 0 Å². The number of H-pyrrole nitrogens is 1. The van der Waals surface area contributed by atoms with Crippen LogP contribution in [-0.2, 0) is 52.8 Å². The van der Waals surface area contributed by atoms with Crippen molar-refractivity contribution >= 4 is 52.3 Å². The first-order valence-corrected chi connectivity index (χ1v) is 24.0. The summed E-state index contributed by atoms with van der Waals surface area (Å²) in [6.45, 7) is 10.9. The van der Waals surface area contributed by atoms with E-state index in [1.54, 1.807) is 27.7 Å². The molecule has 6 amide bonds. The predicted molar refractivity (Wildman–Crippen MR) is 266 cm³/mol. The van der Waals surface area contributed by atoms with Crippen molar-refractivity contribution in [3.8, 4) is 0 Å². The van der Waals surface area contributed by atoms with E-state index in [4.69, 9.17) is 11.5 Å². The first kappa shape index (κ1) is 55.0. The number of carboxylic acid groups (broad SMARTS) is 1. The van der Waals surface area contributed by atoms with Gasteiger partial charge in [-0.15, -0.1) is 0 Å². The highest BCUT2D eigenvalue weighted by Crippen LogP contribution is 2.19. The zero-order valence-electron chi connectivity index (χ0n) is 40.8. The fraction of sp³-hybridized carbons (Fsp3) is 0.481.